The Morgan fingerprint density at radius 2 is 1.90 bits per heavy atom. The lowest BCUT2D eigenvalue weighted by Gasteiger charge is -2.34. The number of rotatable bonds is 10. The van der Waals surface area contributed by atoms with Crippen LogP contribution in [0.1, 0.15) is 64.1 Å². The molecule has 0 radical (unpaired) electrons. The molecule has 0 spiro atoms. The minimum Gasteiger partial charge on any atom is -0.461 e. The molecule has 63 heavy (non-hydrogen) atoms. The monoisotopic (exact) mass is 862 g/mol. The highest BCUT2D eigenvalue weighted by molar-refractivity contribution is 6.02. The van der Waals surface area contributed by atoms with Crippen LogP contribution in [-0.2, 0) is 14.2 Å². The molecular weight excluding hydrogens is 815 g/mol. The van der Waals surface area contributed by atoms with E-state index >= 15 is 8.78 Å². The molecule has 2 amide bonds. The number of terminal acetylenes is 1. The quantitative estimate of drug-likeness (QED) is 0.0945. The lowest BCUT2D eigenvalue weighted by atomic mass is 9.94. The molecule has 0 saturated carbocycles. The summed E-state index contributed by atoms with van der Waals surface area (Å²) in [4.78, 5) is 59.9. The van der Waals surface area contributed by atoms with Crippen LogP contribution >= 0.6 is 0 Å². The molecule has 328 valence electrons. The predicted molar refractivity (Wildman–Crippen MR) is 233 cm³/mol. The number of aromatic amines is 1. The smallest absolute Gasteiger partial charge is 0.413 e. The third kappa shape index (κ3) is 8.73. The summed E-state index contributed by atoms with van der Waals surface area (Å²) in [5, 5.41) is 6.45. The van der Waals surface area contributed by atoms with E-state index in [1.165, 1.54) is 18.3 Å². The van der Waals surface area contributed by atoms with Gasteiger partial charge in [-0.1, -0.05) is 48.4 Å². The molecule has 5 aromatic rings. The topological polar surface area (TPSA) is 173 Å². The largest absolute Gasteiger partial charge is 0.461 e. The standard InChI is InChI=1S/C46H48F2N8O7/c1-7-30-33(47)14-13-28-10-8-11-32(34(28)30)37-36(48)38-35(41(57)51-37)40(50-27(3)31-12-9-17-49-39(31)54-43(58)63-45(4,5)6)53-42(52-38)62-25-46-16-15-29(56(46)23-26(2)22-46)24-61-44(59)55-18-20-60-21-19-55/h1,8-14,17,27,29H,2,15-16,18-25H2,3-6H3,(H,51,57)(H,49,54,58)(H,50,52,53)/t27?,29-,46-/m0/s1. The average molecular weight is 863 g/mol. The fourth-order valence-corrected chi connectivity index (χ4v) is 8.73. The first-order valence-electron chi connectivity index (χ1n) is 20.7. The molecule has 3 aromatic heterocycles. The van der Waals surface area contributed by atoms with Crippen molar-refractivity contribution in [1.29, 1.82) is 0 Å². The Hall–Kier alpha value is -6.64. The molecule has 3 N–H and O–H groups in total. The first-order valence-corrected chi connectivity index (χ1v) is 20.7. The number of nitrogens with zero attached hydrogens (tertiary/aromatic N) is 5. The van der Waals surface area contributed by atoms with E-state index in [-0.39, 0.29) is 76.1 Å². The highest BCUT2D eigenvalue weighted by atomic mass is 19.1. The number of hydrogen-bond donors (Lipinski definition) is 3. The van der Waals surface area contributed by atoms with Crippen LogP contribution in [-0.4, -0.2) is 105 Å². The number of nitrogens with one attached hydrogen (secondary N) is 3. The maximum atomic E-state index is 17.3. The molecule has 1 unspecified atom stereocenters. The van der Waals surface area contributed by atoms with E-state index in [0.29, 0.717) is 56.6 Å². The first kappa shape index (κ1) is 43.0. The zero-order valence-corrected chi connectivity index (χ0v) is 35.5. The summed E-state index contributed by atoms with van der Waals surface area (Å²) in [5.74, 6) is 0.875. The number of carbonyl (C=O) groups excluding carboxylic acids is 2. The van der Waals surface area contributed by atoms with Crippen LogP contribution in [0.5, 0.6) is 6.01 Å². The van der Waals surface area contributed by atoms with Crippen molar-refractivity contribution < 1.29 is 37.3 Å². The van der Waals surface area contributed by atoms with E-state index in [1.54, 1.807) is 62.9 Å². The average Bonchev–Trinajstić information content (AvgIpc) is 3.76. The van der Waals surface area contributed by atoms with Crippen molar-refractivity contribution in [1.82, 2.24) is 29.7 Å². The van der Waals surface area contributed by atoms with Crippen LogP contribution in [0, 0.1) is 24.0 Å². The van der Waals surface area contributed by atoms with Crippen molar-refractivity contribution in [2.45, 2.75) is 70.2 Å². The molecule has 15 nitrogen and oxygen atoms in total. The summed E-state index contributed by atoms with van der Waals surface area (Å²) >= 11 is 0. The number of amides is 2. The molecule has 0 aliphatic carbocycles. The summed E-state index contributed by atoms with van der Waals surface area (Å²) < 4.78 is 55.3. The van der Waals surface area contributed by atoms with Crippen LogP contribution in [0.25, 0.3) is 32.9 Å². The molecule has 3 fully saturated rings. The maximum absolute atomic E-state index is 17.3. The fourth-order valence-electron chi connectivity index (χ4n) is 8.73. The Kier molecular flexibility index (Phi) is 11.8. The van der Waals surface area contributed by atoms with Gasteiger partial charge in [-0.3, -0.25) is 15.0 Å². The van der Waals surface area contributed by atoms with Crippen LogP contribution in [0.15, 0.2) is 65.6 Å². The fraction of sp³-hybridized carbons (Fsp3) is 0.391. The second kappa shape index (κ2) is 17.3. The van der Waals surface area contributed by atoms with Crippen molar-refractivity contribution in [3.63, 3.8) is 0 Å². The number of pyridine rings is 2. The Bertz CT molecular complexity index is 2730. The molecule has 2 aromatic carbocycles. The summed E-state index contributed by atoms with van der Waals surface area (Å²) in [5.41, 5.74) is -1.18. The van der Waals surface area contributed by atoms with Crippen LogP contribution in [0.4, 0.5) is 30.0 Å². The molecular formula is C46H48F2N8O7. The number of anilines is 2. The normalized spacial score (nSPS) is 19.4. The third-order valence-corrected chi connectivity index (χ3v) is 11.6. The molecule has 0 bridgehead atoms. The predicted octanol–water partition coefficient (Wildman–Crippen LogP) is 7.32. The van der Waals surface area contributed by atoms with E-state index in [4.69, 9.17) is 25.4 Å². The van der Waals surface area contributed by atoms with Crippen molar-refractivity contribution in [3.8, 4) is 29.6 Å². The van der Waals surface area contributed by atoms with Gasteiger partial charge in [0.15, 0.2) is 5.82 Å². The SMILES string of the molecule is C#Cc1c(F)ccc2cccc(-c3[nH]c(=O)c4c(NC(C)c5cccnc5NC(=O)OC(C)(C)C)nc(OC[C@@]56CC[C@@H](COC(=O)N7CCOCC7)N5CC(=C)C6)nc4c3F)c12. The van der Waals surface area contributed by atoms with E-state index in [9.17, 15) is 14.4 Å². The van der Waals surface area contributed by atoms with Crippen molar-refractivity contribution in [2.24, 2.45) is 0 Å². The number of carbonyl (C=O) groups is 2. The van der Waals surface area contributed by atoms with Gasteiger partial charge in [0.2, 0.25) is 0 Å². The van der Waals surface area contributed by atoms with Gasteiger partial charge in [-0.15, -0.1) is 6.42 Å². The van der Waals surface area contributed by atoms with Crippen LogP contribution in [0.3, 0.4) is 0 Å². The van der Waals surface area contributed by atoms with Crippen molar-refractivity contribution >= 4 is 45.5 Å². The maximum Gasteiger partial charge on any atom is 0.413 e. The van der Waals surface area contributed by atoms with Gasteiger partial charge in [0.1, 0.15) is 47.2 Å². The number of ether oxygens (including phenoxy) is 4. The van der Waals surface area contributed by atoms with E-state index in [0.717, 1.165) is 12.0 Å². The van der Waals surface area contributed by atoms with Crippen molar-refractivity contribution in [2.75, 3.05) is 56.7 Å². The second-order valence-corrected chi connectivity index (χ2v) is 17.1. The number of halogens is 2. The Balaban J connectivity index is 1.16. The number of benzene rings is 2. The van der Waals surface area contributed by atoms with Crippen molar-refractivity contribution in [3.05, 3.63) is 93.9 Å². The van der Waals surface area contributed by atoms with Gasteiger partial charge in [-0.2, -0.15) is 9.97 Å². The number of aromatic nitrogens is 4. The Morgan fingerprint density at radius 3 is 2.67 bits per heavy atom. The summed E-state index contributed by atoms with van der Waals surface area (Å²) in [6.45, 7) is 13.9. The number of fused-ring (bicyclic) bond motifs is 3. The van der Waals surface area contributed by atoms with Gasteiger partial charge in [0, 0.05) is 48.4 Å². The van der Waals surface area contributed by atoms with Gasteiger partial charge in [0.05, 0.1) is 36.1 Å². The summed E-state index contributed by atoms with van der Waals surface area (Å²) in [6, 6.07) is 10.0. The summed E-state index contributed by atoms with van der Waals surface area (Å²) in [7, 11) is 0. The van der Waals surface area contributed by atoms with E-state index in [2.05, 4.69) is 48.0 Å². The van der Waals surface area contributed by atoms with Crippen LogP contribution in [0.2, 0.25) is 0 Å². The molecule has 17 heteroatoms. The van der Waals surface area contributed by atoms with Gasteiger partial charge >= 0.3 is 18.2 Å². The zero-order chi connectivity index (χ0) is 44.6. The number of hydrogen-bond acceptors (Lipinski definition) is 12. The van der Waals surface area contributed by atoms with Gasteiger partial charge in [-0.25, -0.2) is 23.4 Å². The van der Waals surface area contributed by atoms with E-state index in [1.807, 2.05) is 0 Å². The first-order chi connectivity index (χ1) is 30.1. The molecule has 3 saturated heterocycles. The molecule has 8 rings (SSSR count). The highest BCUT2D eigenvalue weighted by Gasteiger charge is 2.51. The molecule has 6 heterocycles. The van der Waals surface area contributed by atoms with Crippen LogP contribution < -0.4 is 20.9 Å². The minimum atomic E-state index is -0.932. The zero-order valence-electron chi connectivity index (χ0n) is 35.5. The van der Waals surface area contributed by atoms with Gasteiger partial charge < -0.3 is 34.1 Å². The Labute approximate surface area is 362 Å². The van der Waals surface area contributed by atoms with Gasteiger partial charge in [-0.05, 0) is 64.5 Å². The molecule has 3 aliphatic rings. The highest BCUT2D eigenvalue weighted by Crippen LogP contribution is 2.45. The van der Waals surface area contributed by atoms with E-state index < -0.39 is 40.5 Å². The molecule has 3 atom stereocenters. The second-order valence-electron chi connectivity index (χ2n) is 17.1. The molecule has 3 aliphatic heterocycles. The summed E-state index contributed by atoms with van der Waals surface area (Å²) in [6.07, 6.45) is 8.14. The number of H-pyrrole nitrogens is 1. The third-order valence-electron chi connectivity index (χ3n) is 11.6. The lowest BCUT2D eigenvalue weighted by molar-refractivity contribution is 0.0139. The number of morpholine rings is 1. The lowest BCUT2D eigenvalue weighted by Crippen LogP contribution is -2.48. The van der Waals surface area contributed by atoms with Gasteiger partial charge in [0.25, 0.3) is 5.56 Å². The minimum absolute atomic E-state index is 0.0682. The Morgan fingerprint density at radius 1 is 1.11 bits per heavy atom.